The van der Waals surface area contributed by atoms with Gasteiger partial charge in [0.25, 0.3) is 5.91 Å². The minimum Gasteiger partial charge on any atom is -0.376 e. The van der Waals surface area contributed by atoms with Crippen LogP contribution in [0.15, 0.2) is 55.2 Å². The second kappa shape index (κ2) is 7.81. The van der Waals surface area contributed by atoms with Crippen molar-refractivity contribution in [3.8, 4) is 10.4 Å². The number of fused-ring (bicyclic) bond motifs is 1. The molecule has 4 aromatic heterocycles. The topological polar surface area (TPSA) is 73.5 Å². The number of pyridine rings is 1. The van der Waals surface area contributed by atoms with Crippen molar-refractivity contribution in [3.05, 3.63) is 65.7 Å². The summed E-state index contributed by atoms with van der Waals surface area (Å²) < 4.78 is 9.54. The van der Waals surface area contributed by atoms with E-state index in [2.05, 4.69) is 15.4 Å². The highest BCUT2D eigenvalue weighted by Crippen LogP contribution is 2.28. The molecule has 4 aromatic rings. The van der Waals surface area contributed by atoms with Crippen LogP contribution in [0.3, 0.4) is 0 Å². The molecule has 1 N–H and O–H groups in total. The zero-order valence-electron chi connectivity index (χ0n) is 15.8. The second-order valence-electron chi connectivity index (χ2n) is 7.16. The molecule has 0 radical (unpaired) electrons. The first-order chi connectivity index (χ1) is 14.2. The van der Waals surface area contributed by atoms with Gasteiger partial charge in [-0.15, -0.1) is 11.3 Å². The maximum absolute atomic E-state index is 12.6. The summed E-state index contributed by atoms with van der Waals surface area (Å²) in [5.41, 5.74) is 2.91. The SMILES string of the molecule is O=C(NCc1ccn2ccnc2c1)c1ccc(-c2cnn(CC3CCCO3)c2)s1. The van der Waals surface area contributed by atoms with Crippen molar-refractivity contribution < 1.29 is 9.53 Å². The van der Waals surface area contributed by atoms with E-state index in [0.717, 1.165) is 47.6 Å². The molecule has 0 aliphatic carbocycles. The van der Waals surface area contributed by atoms with Gasteiger partial charge in [-0.1, -0.05) is 0 Å². The lowest BCUT2D eigenvalue weighted by atomic mass is 10.2. The Bertz CT molecular complexity index is 1140. The minimum atomic E-state index is -0.0730. The molecule has 5 heterocycles. The molecular formula is C21H21N5O2S. The average molecular weight is 407 g/mol. The van der Waals surface area contributed by atoms with Gasteiger partial charge in [0, 0.05) is 48.4 Å². The predicted molar refractivity (Wildman–Crippen MR) is 111 cm³/mol. The van der Waals surface area contributed by atoms with Crippen LogP contribution in [0.4, 0.5) is 0 Å². The van der Waals surface area contributed by atoms with E-state index in [0.29, 0.717) is 11.4 Å². The number of ether oxygens (including phenoxy) is 1. The molecule has 1 fully saturated rings. The van der Waals surface area contributed by atoms with Gasteiger partial charge < -0.3 is 14.5 Å². The van der Waals surface area contributed by atoms with E-state index >= 15 is 0 Å². The fourth-order valence-electron chi connectivity index (χ4n) is 3.53. The maximum atomic E-state index is 12.6. The van der Waals surface area contributed by atoms with Crippen LogP contribution in [-0.4, -0.2) is 37.8 Å². The molecule has 7 nitrogen and oxygen atoms in total. The molecule has 1 atom stereocenters. The van der Waals surface area contributed by atoms with Gasteiger partial charge in [0.1, 0.15) is 5.65 Å². The maximum Gasteiger partial charge on any atom is 0.261 e. The number of nitrogens with one attached hydrogen (secondary N) is 1. The normalized spacial score (nSPS) is 16.5. The fourth-order valence-corrected chi connectivity index (χ4v) is 4.43. The molecule has 1 amide bonds. The van der Waals surface area contributed by atoms with Gasteiger partial charge in [-0.3, -0.25) is 9.48 Å². The van der Waals surface area contributed by atoms with Crippen LogP contribution in [0, 0.1) is 0 Å². The molecule has 1 saturated heterocycles. The first kappa shape index (κ1) is 18.1. The molecule has 1 aliphatic heterocycles. The standard InChI is InChI=1S/C21H21N5O2S/c27-21(23-11-15-5-7-25-8-6-22-20(25)10-15)19-4-3-18(29-19)16-12-24-26(13-16)14-17-2-1-9-28-17/h3-8,10,12-13,17H,1-2,9,11,14H2,(H,23,27). The third-order valence-electron chi connectivity index (χ3n) is 5.08. The fraction of sp³-hybridized carbons (Fsp3) is 0.286. The van der Waals surface area contributed by atoms with Gasteiger partial charge in [-0.25, -0.2) is 4.98 Å². The molecular weight excluding hydrogens is 386 g/mol. The number of amides is 1. The Morgan fingerprint density at radius 1 is 1.31 bits per heavy atom. The number of carbonyl (C=O) groups excluding carboxylic acids is 1. The van der Waals surface area contributed by atoms with E-state index in [9.17, 15) is 4.79 Å². The summed E-state index contributed by atoms with van der Waals surface area (Å²) in [6.45, 7) is 2.09. The highest BCUT2D eigenvalue weighted by molar-refractivity contribution is 7.17. The van der Waals surface area contributed by atoms with Gasteiger partial charge in [-0.2, -0.15) is 5.10 Å². The van der Waals surface area contributed by atoms with E-state index in [1.54, 1.807) is 6.20 Å². The van der Waals surface area contributed by atoms with Crippen LogP contribution in [0.25, 0.3) is 16.1 Å². The Morgan fingerprint density at radius 2 is 2.28 bits per heavy atom. The molecule has 5 rings (SSSR count). The van der Waals surface area contributed by atoms with Crippen molar-refractivity contribution in [1.29, 1.82) is 0 Å². The summed E-state index contributed by atoms with van der Waals surface area (Å²) in [6, 6.07) is 7.80. The van der Waals surface area contributed by atoms with Crippen LogP contribution in [0.2, 0.25) is 0 Å². The number of carbonyl (C=O) groups is 1. The Hall–Kier alpha value is -2.97. The molecule has 148 valence electrons. The van der Waals surface area contributed by atoms with Gasteiger partial charge in [0.15, 0.2) is 0 Å². The largest absolute Gasteiger partial charge is 0.376 e. The monoisotopic (exact) mass is 407 g/mol. The van der Waals surface area contributed by atoms with E-state index in [1.807, 2.05) is 58.1 Å². The molecule has 1 unspecified atom stereocenters. The first-order valence-electron chi connectivity index (χ1n) is 9.69. The van der Waals surface area contributed by atoms with Gasteiger partial charge in [0.05, 0.1) is 23.7 Å². The summed E-state index contributed by atoms with van der Waals surface area (Å²) in [7, 11) is 0. The lowest BCUT2D eigenvalue weighted by Crippen LogP contribution is -2.21. The van der Waals surface area contributed by atoms with Crippen molar-refractivity contribution in [1.82, 2.24) is 24.5 Å². The van der Waals surface area contributed by atoms with Crippen molar-refractivity contribution in [2.24, 2.45) is 0 Å². The first-order valence-corrected chi connectivity index (χ1v) is 10.5. The number of hydrogen-bond donors (Lipinski definition) is 1. The van der Waals surface area contributed by atoms with Crippen molar-refractivity contribution in [2.75, 3.05) is 6.61 Å². The highest BCUT2D eigenvalue weighted by Gasteiger charge is 2.17. The smallest absolute Gasteiger partial charge is 0.261 e. The van der Waals surface area contributed by atoms with Crippen LogP contribution in [0.1, 0.15) is 28.1 Å². The Morgan fingerprint density at radius 3 is 3.17 bits per heavy atom. The lowest BCUT2D eigenvalue weighted by molar-refractivity contribution is 0.0939. The lowest BCUT2D eigenvalue weighted by Gasteiger charge is -2.08. The van der Waals surface area contributed by atoms with Crippen LogP contribution < -0.4 is 5.32 Å². The number of hydrogen-bond acceptors (Lipinski definition) is 5. The molecule has 29 heavy (non-hydrogen) atoms. The van der Waals surface area contributed by atoms with Crippen LogP contribution in [-0.2, 0) is 17.8 Å². The molecule has 8 heteroatoms. The van der Waals surface area contributed by atoms with E-state index in [-0.39, 0.29) is 12.0 Å². The van der Waals surface area contributed by atoms with Crippen molar-refractivity contribution in [3.63, 3.8) is 0 Å². The Labute approximate surface area is 172 Å². The van der Waals surface area contributed by atoms with Crippen molar-refractivity contribution in [2.45, 2.75) is 32.0 Å². The second-order valence-corrected chi connectivity index (χ2v) is 8.24. The average Bonchev–Trinajstić information content (AvgIpc) is 3.53. The quantitative estimate of drug-likeness (QED) is 0.532. The van der Waals surface area contributed by atoms with E-state index in [1.165, 1.54) is 11.3 Å². The van der Waals surface area contributed by atoms with Gasteiger partial charge >= 0.3 is 0 Å². The predicted octanol–water partition coefficient (Wildman–Crippen LogP) is 3.37. The minimum absolute atomic E-state index is 0.0730. The summed E-state index contributed by atoms with van der Waals surface area (Å²) in [6.07, 6.45) is 11.9. The zero-order valence-corrected chi connectivity index (χ0v) is 16.6. The van der Waals surface area contributed by atoms with Gasteiger partial charge in [0.2, 0.25) is 0 Å². The number of nitrogens with zero attached hydrogens (tertiary/aromatic N) is 4. The summed E-state index contributed by atoms with van der Waals surface area (Å²) >= 11 is 1.48. The number of rotatable bonds is 6. The number of aromatic nitrogens is 4. The Balaban J connectivity index is 1.22. The number of imidazole rings is 1. The molecule has 0 aromatic carbocycles. The van der Waals surface area contributed by atoms with Gasteiger partial charge in [-0.05, 0) is 42.7 Å². The summed E-state index contributed by atoms with van der Waals surface area (Å²) in [4.78, 5) is 18.5. The molecule has 1 aliphatic rings. The van der Waals surface area contributed by atoms with Crippen LogP contribution >= 0.6 is 11.3 Å². The van der Waals surface area contributed by atoms with Crippen LogP contribution in [0.5, 0.6) is 0 Å². The molecule has 0 saturated carbocycles. The Kier molecular flexibility index (Phi) is 4.87. The zero-order chi connectivity index (χ0) is 19.6. The van der Waals surface area contributed by atoms with E-state index in [4.69, 9.17) is 4.74 Å². The summed E-state index contributed by atoms with van der Waals surface area (Å²) in [5, 5.41) is 7.43. The number of thiophene rings is 1. The van der Waals surface area contributed by atoms with Crippen molar-refractivity contribution >= 4 is 22.9 Å². The molecule has 0 spiro atoms. The third kappa shape index (κ3) is 3.94. The molecule has 0 bridgehead atoms. The third-order valence-corrected chi connectivity index (χ3v) is 6.21. The van der Waals surface area contributed by atoms with E-state index < -0.39 is 0 Å². The summed E-state index contributed by atoms with van der Waals surface area (Å²) in [5.74, 6) is -0.0730. The highest BCUT2D eigenvalue weighted by atomic mass is 32.1.